The number of hydrogen-bond acceptors (Lipinski definition) is 5. The van der Waals surface area contributed by atoms with Gasteiger partial charge >= 0.3 is 0 Å². The summed E-state index contributed by atoms with van der Waals surface area (Å²) < 4.78 is 38.5. The highest BCUT2D eigenvalue weighted by molar-refractivity contribution is 7.89. The van der Waals surface area contributed by atoms with Crippen LogP contribution in [0.1, 0.15) is 18.4 Å². The predicted molar refractivity (Wildman–Crippen MR) is 105 cm³/mol. The molecule has 2 aliphatic rings. The number of fused-ring (bicyclic) bond motifs is 1. The van der Waals surface area contributed by atoms with Crippen LogP contribution >= 0.6 is 11.6 Å². The number of rotatable bonds is 6. The summed E-state index contributed by atoms with van der Waals surface area (Å²) in [6.45, 7) is 0. The fourth-order valence-corrected chi connectivity index (χ4v) is 4.54. The topological polar surface area (TPSA) is 93.7 Å². The van der Waals surface area contributed by atoms with Crippen LogP contribution in [0, 0.1) is 0 Å². The number of methoxy groups -OCH3 is 1. The van der Waals surface area contributed by atoms with Crippen LogP contribution in [0.3, 0.4) is 0 Å². The molecule has 1 atom stereocenters. The Hall–Kier alpha value is -2.29. The highest BCUT2D eigenvalue weighted by Crippen LogP contribution is 2.33. The van der Waals surface area contributed by atoms with Gasteiger partial charge in [0.1, 0.15) is 11.5 Å². The molecule has 1 fully saturated rings. The van der Waals surface area contributed by atoms with Crippen molar-refractivity contribution in [2.45, 2.75) is 36.3 Å². The standard InChI is InChI=1S/C19H19ClN2O5S/c1-26-17-7-5-14(28(24,25)22-13-3-4-13)10-15(17)21-19(23)18-9-11-8-12(20)2-6-16(11)27-18/h2,5-8,10,13,18,22H,3-4,9H2,1H3,(H,21,23). The fourth-order valence-electron chi connectivity index (χ4n) is 3.02. The van der Waals surface area contributed by atoms with Crippen molar-refractivity contribution in [1.29, 1.82) is 0 Å². The van der Waals surface area contributed by atoms with E-state index in [2.05, 4.69) is 10.0 Å². The number of anilines is 1. The van der Waals surface area contributed by atoms with Crippen molar-refractivity contribution in [1.82, 2.24) is 4.72 Å². The van der Waals surface area contributed by atoms with Gasteiger partial charge in [-0.25, -0.2) is 13.1 Å². The van der Waals surface area contributed by atoms with Crippen LogP contribution in [-0.2, 0) is 21.2 Å². The van der Waals surface area contributed by atoms with E-state index in [1.807, 2.05) is 0 Å². The van der Waals surface area contributed by atoms with Crippen molar-refractivity contribution in [3.05, 3.63) is 47.0 Å². The first-order valence-electron chi connectivity index (χ1n) is 8.82. The Morgan fingerprint density at radius 2 is 2.00 bits per heavy atom. The second-order valence-corrected chi connectivity index (χ2v) is 8.96. The lowest BCUT2D eigenvalue weighted by molar-refractivity contribution is -0.122. The SMILES string of the molecule is COc1ccc(S(=O)(=O)NC2CC2)cc1NC(=O)C1Cc2cc(Cl)ccc2O1. The molecule has 0 saturated heterocycles. The Balaban J connectivity index is 1.53. The third-order valence-electron chi connectivity index (χ3n) is 4.63. The highest BCUT2D eigenvalue weighted by atomic mass is 35.5. The van der Waals surface area contributed by atoms with Gasteiger partial charge in [-0.05, 0) is 54.8 Å². The van der Waals surface area contributed by atoms with E-state index in [-0.39, 0.29) is 16.6 Å². The van der Waals surface area contributed by atoms with E-state index >= 15 is 0 Å². The normalized spacial score (nSPS) is 18.3. The van der Waals surface area contributed by atoms with Gasteiger partial charge in [0.05, 0.1) is 17.7 Å². The third kappa shape index (κ3) is 3.94. The summed E-state index contributed by atoms with van der Waals surface area (Å²) in [7, 11) is -2.20. The largest absolute Gasteiger partial charge is 0.495 e. The monoisotopic (exact) mass is 422 g/mol. The van der Waals surface area contributed by atoms with E-state index in [1.165, 1.54) is 25.3 Å². The molecule has 4 rings (SSSR count). The number of ether oxygens (including phenoxy) is 2. The van der Waals surface area contributed by atoms with Crippen molar-refractivity contribution in [3.63, 3.8) is 0 Å². The summed E-state index contributed by atoms with van der Waals surface area (Å²) in [5.41, 5.74) is 1.12. The zero-order valence-electron chi connectivity index (χ0n) is 15.1. The van der Waals surface area contributed by atoms with Crippen LogP contribution in [-0.4, -0.2) is 33.6 Å². The van der Waals surface area contributed by atoms with Gasteiger partial charge < -0.3 is 14.8 Å². The van der Waals surface area contributed by atoms with Crippen molar-refractivity contribution in [2.24, 2.45) is 0 Å². The van der Waals surface area contributed by atoms with Crippen LogP contribution in [0.2, 0.25) is 5.02 Å². The molecule has 1 aliphatic heterocycles. The average Bonchev–Trinajstić information content (AvgIpc) is 3.35. The van der Waals surface area contributed by atoms with E-state index in [9.17, 15) is 13.2 Å². The maximum Gasteiger partial charge on any atom is 0.265 e. The smallest absolute Gasteiger partial charge is 0.265 e. The number of nitrogens with one attached hydrogen (secondary N) is 2. The van der Waals surface area contributed by atoms with E-state index in [0.29, 0.717) is 22.9 Å². The number of benzene rings is 2. The minimum Gasteiger partial charge on any atom is -0.495 e. The molecule has 2 aromatic rings. The minimum atomic E-state index is -3.65. The van der Waals surface area contributed by atoms with Crippen molar-refractivity contribution < 1.29 is 22.7 Å². The number of amides is 1. The first kappa shape index (κ1) is 19.0. The molecule has 0 spiro atoms. The zero-order chi connectivity index (χ0) is 19.9. The Labute approximate surface area is 168 Å². The highest BCUT2D eigenvalue weighted by Gasteiger charge is 2.31. The van der Waals surface area contributed by atoms with E-state index in [4.69, 9.17) is 21.1 Å². The molecule has 1 saturated carbocycles. The number of sulfonamides is 1. The van der Waals surface area contributed by atoms with Gasteiger partial charge in [0.2, 0.25) is 10.0 Å². The summed E-state index contributed by atoms with van der Waals surface area (Å²) in [4.78, 5) is 12.8. The summed E-state index contributed by atoms with van der Waals surface area (Å²) in [6.07, 6.45) is 1.32. The average molecular weight is 423 g/mol. The van der Waals surface area contributed by atoms with Crippen LogP contribution in [0.4, 0.5) is 5.69 Å². The van der Waals surface area contributed by atoms with Gasteiger partial charge in [-0.1, -0.05) is 11.6 Å². The van der Waals surface area contributed by atoms with Gasteiger partial charge in [-0.3, -0.25) is 4.79 Å². The number of halogens is 1. The predicted octanol–water partition coefficient (Wildman–Crippen LogP) is 2.73. The van der Waals surface area contributed by atoms with E-state index in [0.717, 1.165) is 18.4 Å². The molecule has 9 heteroatoms. The van der Waals surface area contributed by atoms with Gasteiger partial charge in [-0.15, -0.1) is 0 Å². The van der Waals surface area contributed by atoms with Gasteiger partial charge in [0.25, 0.3) is 5.91 Å². The second kappa shape index (κ2) is 7.27. The maximum atomic E-state index is 12.7. The molecule has 0 bridgehead atoms. The zero-order valence-corrected chi connectivity index (χ0v) is 16.6. The van der Waals surface area contributed by atoms with Gasteiger partial charge in [0, 0.05) is 17.5 Å². The molecule has 1 heterocycles. The summed E-state index contributed by atoms with van der Waals surface area (Å²) in [5, 5.41) is 3.30. The van der Waals surface area contributed by atoms with Crippen LogP contribution in [0.5, 0.6) is 11.5 Å². The Morgan fingerprint density at radius 3 is 2.71 bits per heavy atom. The lowest BCUT2D eigenvalue weighted by Gasteiger charge is -2.15. The Kier molecular flexibility index (Phi) is 4.95. The van der Waals surface area contributed by atoms with Crippen molar-refractivity contribution >= 4 is 33.2 Å². The van der Waals surface area contributed by atoms with Crippen LogP contribution in [0.25, 0.3) is 0 Å². The molecular weight excluding hydrogens is 404 g/mol. The molecule has 0 radical (unpaired) electrons. The molecule has 28 heavy (non-hydrogen) atoms. The molecule has 1 amide bonds. The van der Waals surface area contributed by atoms with Gasteiger partial charge in [0.15, 0.2) is 6.10 Å². The molecule has 7 nitrogen and oxygen atoms in total. The molecular formula is C19H19ClN2O5S. The summed E-state index contributed by atoms with van der Waals surface area (Å²) >= 11 is 5.99. The molecule has 1 aliphatic carbocycles. The van der Waals surface area contributed by atoms with Crippen LogP contribution in [0.15, 0.2) is 41.3 Å². The quantitative estimate of drug-likeness (QED) is 0.746. The summed E-state index contributed by atoms with van der Waals surface area (Å²) in [6, 6.07) is 9.53. The third-order valence-corrected chi connectivity index (χ3v) is 6.38. The minimum absolute atomic E-state index is 0.0117. The number of hydrogen-bond donors (Lipinski definition) is 2. The molecule has 0 aromatic heterocycles. The maximum absolute atomic E-state index is 12.7. The lowest BCUT2D eigenvalue weighted by atomic mass is 10.1. The molecule has 148 valence electrons. The van der Waals surface area contributed by atoms with Crippen molar-refractivity contribution in [2.75, 3.05) is 12.4 Å². The molecule has 2 aromatic carbocycles. The molecule has 1 unspecified atom stereocenters. The summed E-state index contributed by atoms with van der Waals surface area (Å²) in [5.74, 6) is 0.578. The first-order valence-corrected chi connectivity index (χ1v) is 10.7. The van der Waals surface area contributed by atoms with Crippen molar-refractivity contribution in [3.8, 4) is 11.5 Å². The van der Waals surface area contributed by atoms with E-state index < -0.39 is 22.0 Å². The molecule has 2 N–H and O–H groups in total. The fraction of sp³-hybridized carbons (Fsp3) is 0.316. The Bertz CT molecular complexity index is 1040. The Morgan fingerprint density at radius 1 is 1.21 bits per heavy atom. The first-order chi connectivity index (χ1) is 13.4. The van der Waals surface area contributed by atoms with E-state index in [1.54, 1.807) is 18.2 Å². The second-order valence-electron chi connectivity index (χ2n) is 6.81. The van der Waals surface area contributed by atoms with Crippen LogP contribution < -0.4 is 19.5 Å². The number of carbonyl (C=O) groups excluding carboxylic acids is 1. The number of carbonyl (C=O) groups is 1. The van der Waals surface area contributed by atoms with Gasteiger partial charge in [-0.2, -0.15) is 0 Å². The lowest BCUT2D eigenvalue weighted by Crippen LogP contribution is -2.31.